The van der Waals surface area contributed by atoms with E-state index in [1.165, 1.54) is 0 Å². The lowest BCUT2D eigenvalue weighted by molar-refractivity contribution is 0.192. The molecule has 1 N–H and O–H groups in total. The van der Waals surface area contributed by atoms with Crippen molar-refractivity contribution in [2.24, 2.45) is 5.92 Å². The molecule has 2 amide bonds. The quantitative estimate of drug-likeness (QED) is 0.755. The summed E-state index contributed by atoms with van der Waals surface area (Å²) in [5, 5.41) is 2.92. The molecule has 1 heterocycles. The summed E-state index contributed by atoms with van der Waals surface area (Å²) in [6.07, 6.45) is 7.20. The van der Waals surface area contributed by atoms with Crippen LogP contribution in [0.4, 0.5) is 10.5 Å². The minimum absolute atomic E-state index is 0.0314. The van der Waals surface area contributed by atoms with Gasteiger partial charge in [0, 0.05) is 24.7 Å². The second kappa shape index (κ2) is 5.59. The highest BCUT2D eigenvalue weighted by atomic mass is 16.2. The first kappa shape index (κ1) is 12.5. The van der Waals surface area contributed by atoms with Crippen molar-refractivity contribution in [2.75, 3.05) is 18.4 Å². The van der Waals surface area contributed by atoms with E-state index in [0.29, 0.717) is 5.92 Å². The van der Waals surface area contributed by atoms with Gasteiger partial charge in [0.2, 0.25) is 0 Å². The molecule has 0 bridgehead atoms. The number of carbonyl (C=O) groups is 1. The second-order valence-electron chi connectivity index (χ2n) is 4.73. The molecule has 1 aliphatic heterocycles. The highest BCUT2D eigenvalue weighted by Crippen LogP contribution is 2.17. The number of carbonyl (C=O) groups excluding carboxylic acids is 1. The Morgan fingerprint density at radius 2 is 2.17 bits per heavy atom. The number of urea groups is 1. The van der Waals surface area contributed by atoms with Crippen LogP contribution in [0.1, 0.15) is 18.4 Å². The number of benzene rings is 1. The van der Waals surface area contributed by atoms with Gasteiger partial charge in [-0.15, -0.1) is 12.3 Å². The molecule has 1 aliphatic rings. The van der Waals surface area contributed by atoms with Crippen molar-refractivity contribution in [3.8, 4) is 12.3 Å². The summed E-state index contributed by atoms with van der Waals surface area (Å²) >= 11 is 0. The fraction of sp³-hybridized carbons (Fsp3) is 0.400. The maximum Gasteiger partial charge on any atom is 0.321 e. The van der Waals surface area contributed by atoms with Crippen molar-refractivity contribution in [3.05, 3.63) is 29.8 Å². The summed E-state index contributed by atoms with van der Waals surface area (Å²) in [7, 11) is 0. The predicted molar refractivity (Wildman–Crippen MR) is 73.3 cm³/mol. The minimum atomic E-state index is -0.0314. The molecule has 3 nitrogen and oxygen atoms in total. The maximum atomic E-state index is 12.0. The molecule has 1 saturated heterocycles. The van der Waals surface area contributed by atoms with Crippen molar-refractivity contribution in [2.45, 2.75) is 19.8 Å². The Hall–Kier alpha value is -1.95. The molecule has 0 saturated carbocycles. The van der Waals surface area contributed by atoms with Crippen LogP contribution in [0, 0.1) is 25.2 Å². The number of terminal acetylenes is 1. The number of nitrogens with zero attached hydrogens (tertiary/aromatic N) is 1. The fourth-order valence-corrected chi connectivity index (χ4v) is 2.17. The van der Waals surface area contributed by atoms with E-state index in [1.54, 1.807) is 0 Å². The van der Waals surface area contributed by atoms with E-state index in [-0.39, 0.29) is 6.03 Å². The van der Waals surface area contributed by atoms with Gasteiger partial charge in [0.05, 0.1) is 0 Å². The zero-order chi connectivity index (χ0) is 13.0. The number of rotatable bonds is 1. The van der Waals surface area contributed by atoms with Gasteiger partial charge < -0.3 is 10.2 Å². The number of hydrogen-bond acceptors (Lipinski definition) is 1. The molecule has 0 unspecified atom stereocenters. The average Bonchev–Trinajstić information content (AvgIpc) is 2.39. The molecule has 3 heteroatoms. The van der Waals surface area contributed by atoms with Gasteiger partial charge in [-0.2, -0.15) is 0 Å². The third-order valence-corrected chi connectivity index (χ3v) is 3.29. The molecule has 0 radical (unpaired) electrons. The molecule has 0 aliphatic carbocycles. The van der Waals surface area contributed by atoms with Crippen LogP contribution in [-0.2, 0) is 0 Å². The third-order valence-electron chi connectivity index (χ3n) is 3.29. The number of likely N-dealkylation sites (tertiary alicyclic amines) is 1. The zero-order valence-electron chi connectivity index (χ0n) is 10.6. The van der Waals surface area contributed by atoms with Gasteiger partial charge in [-0.3, -0.25) is 0 Å². The number of piperidine rings is 1. The molecule has 94 valence electrons. The van der Waals surface area contributed by atoms with Crippen LogP contribution < -0.4 is 5.32 Å². The monoisotopic (exact) mass is 242 g/mol. The van der Waals surface area contributed by atoms with E-state index in [4.69, 9.17) is 6.42 Å². The zero-order valence-corrected chi connectivity index (χ0v) is 10.6. The largest absolute Gasteiger partial charge is 0.324 e. The van der Waals surface area contributed by atoms with E-state index in [1.807, 2.05) is 36.1 Å². The van der Waals surface area contributed by atoms with E-state index in [0.717, 1.165) is 37.2 Å². The second-order valence-corrected chi connectivity index (χ2v) is 4.73. The van der Waals surface area contributed by atoms with Gasteiger partial charge in [-0.1, -0.05) is 12.1 Å². The van der Waals surface area contributed by atoms with E-state index < -0.39 is 0 Å². The molecule has 0 aromatic heterocycles. The van der Waals surface area contributed by atoms with Gasteiger partial charge >= 0.3 is 6.03 Å². The molecule has 1 aromatic carbocycles. The first-order chi connectivity index (χ1) is 8.69. The minimum Gasteiger partial charge on any atom is -0.324 e. The van der Waals surface area contributed by atoms with Gasteiger partial charge in [-0.25, -0.2) is 4.79 Å². The molecule has 1 fully saturated rings. The molecular formula is C15H18N2O. The summed E-state index contributed by atoms with van der Waals surface area (Å²) < 4.78 is 0. The van der Waals surface area contributed by atoms with Crippen LogP contribution in [-0.4, -0.2) is 24.0 Å². The molecule has 2 rings (SSSR count). The van der Waals surface area contributed by atoms with Crippen molar-refractivity contribution in [1.29, 1.82) is 0 Å². The predicted octanol–water partition coefficient (Wildman–Crippen LogP) is 2.87. The Labute approximate surface area is 108 Å². The van der Waals surface area contributed by atoms with E-state index in [2.05, 4.69) is 11.2 Å². The van der Waals surface area contributed by atoms with Gasteiger partial charge in [0.25, 0.3) is 0 Å². The lowest BCUT2D eigenvalue weighted by Gasteiger charge is -2.29. The highest BCUT2D eigenvalue weighted by molar-refractivity contribution is 5.89. The maximum absolute atomic E-state index is 12.0. The Morgan fingerprint density at radius 3 is 2.78 bits per heavy atom. The number of anilines is 1. The van der Waals surface area contributed by atoms with Crippen molar-refractivity contribution >= 4 is 11.7 Å². The number of aryl methyl sites for hydroxylation is 1. The summed E-state index contributed by atoms with van der Waals surface area (Å²) in [6, 6.07) is 7.78. The van der Waals surface area contributed by atoms with Crippen LogP contribution in [0.3, 0.4) is 0 Å². The van der Waals surface area contributed by atoms with Gasteiger partial charge in [0.15, 0.2) is 0 Å². The van der Waals surface area contributed by atoms with Crippen molar-refractivity contribution < 1.29 is 4.79 Å². The van der Waals surface area contributed by atoms with Crippen LogP contribution in [0.2, 0.25) is 0 Å². The van der Waals surface area contributed by atoms with Crippen LogP contribution in [0.25, 0.3) is 0 Å². The smallest absolute Gasteiger partial charge is 0.321 e. The summed E-state index contributed by atoms with van der Waals surface area (Å²) in [5.74, 6) is 3.09. The SMILES string of the molecule is C#CC1CCN(C(=O)Nc2cccc(C)c2)CC1. The van der Waals surface area contributed by atoms with Crippen LogP contribution in [0.5, 0.6) is 0 Å². The van der Waals surface area contributed by atoms with Crippen LogP contribution in [0.15, 0.2) is 24.3 Å². The molecule has 1 aromatic rings. The average molecular weight is 242 g/mol. The highest BCUT2D eigenvalue weighted by Gasteiger charge is 2.21. The normalized spacial score (nSPS) is 16.1. The lowest BCUT2D eigenvalue weighted by Crippen LogP contribution is -2.40. The molecule has 18 heavy (non-hydrogen) atoms. The molecule has 0 atom stereocenters. The number of nitrogens with one attached hydrogen (secondary N) is 1. The summed E-state index contributed by atoms with van der Waals surface area (Å²) in [4.78, 5) is 13.9. The number of amides is 2. The van der Waals surface area contributed by atoms with Crippen molar-refractivity contribution in [3.63, 3.8) is 0 Å². The van der Waals surface area contributed by atoms with Crippen LogP contribution >= 0.6 is 0 Å². The van der Waals surface area contributed by atoms with Gasteiger partial charge in [-0.05, 0) is 37.5 Å². The lowest BCUT2D eigenvalue weighted by atomic mass is 9.98. The molecular weight excluding hydrogens is 224 g/mol. The van der Waals surface area contributed by atoms with E-state index in [9.17, 15) is 4.79 Å². The third kappa shape index (κ3) is 3.04. The first-order valence-corrected chi connectivity index (χ1v) is 6.28. The van der Waals surface area contributed by atoms with Crippen molar-refractivity contribution in [1.82, 2.24) is 4.90 Å². The topological polar surface area (TPSA) is 32.3 Å². The van der Waals surface area contributed by atoms with E-state index >= 15 is 0 Å². The van der Waals surface area contributed by atoms with Gasteiger partial charge in [0.1, 0.15) is 0 Å². The first-order valence-electron chi connectivity index (χ1n) is 6.28. The molecule has 0 spiro atoms. The number of hydrogen-bond donors (Lipinski definition) is 1. The standard InChI is InChI=1S/C15H18N2O/c1-3-13-7-9-17(10-8-13)15(18)16-14-6-4-5-12(2)11-14/h1,4-6,11,13H,7-10H2,2H3,(H,16,18). The Kier molecular flexibility index (Phi) is 3.88. The summed E-state index contributed by atoms with van der Waals surface area (Å²) in [5.41, 5.74) is 1.98. The Morgan fingerprint density at radius 1 is 1.44 bits per heavy atom. The Bertz CT molecular complexity index is 468. The summed E-state index contributed by atoms with van der Waals surface area (Å²) in [6.45, 7) is 3.49. The fourth-order valence-electron chi connectivity index (χ4n) is 2.17. The Balaban J connectivity index is 1.91.